The van der Waals surface area contributed by atoms with E-state index in [9.17, 15) is 19.7 Å². The number of hydrogen-bond acceptors (Lipinski definition) is 8. The lowest BCUT2D eigenvalue weighted by Crippen LogP contribution is -2.17. The van der Waals surface area contributed by atoms with Crippen LogP contribution in [0.4, 0.5) is 5.69 Å². The lowest BCUT2D eigenvalue weighted by molar-refractivity contribution is -0.384. The van der Waals surface area contributed by atoms with Crippen molar-refractivity contribution in [2.45, 2.75) is 19.8 Å². The first-order chi connectivity index (χ1) is 17.4. The van der Waals surface area contributed by atoms with Crippen LogP contribution in [0.15, 0.2) is 71.8 Å². The number of rotatable bonds is 11. The number of nitro benzene ring substituents is 1. The quantitative estimate of drug-likeness (QED) is 0.102. The second kappa shape index (κ2) is 12.7. The first kappa shape index (κ1) is 25.9. The summed E-state index contributed by atoms with van der Waals surface area (Å²) in [4.78, 5) is 34.9. The third-order valence-corrected chi connectivity index (χ3v) is 4.97. The Kier molecular flexibility index (Phi) is 9.10. The van der Waals surface area contributed by atoms with E-state index in [1.165, 1.54) is 37.6 Å². The zero-order valence-electron chi connectivity index (χ0n) is 19.8. The van der Waals surface area contributed by atoms with Gasteiger partial charge in [-0.15, -0.1) is 0 Å². The minimum absolute atomic E-state index is 0.114. The summed E-state index contributed by atoms with van der Waals surface area (Å²) in [6.07, 6.45) is 3.37. The molecule has 186 valence electrons. The summed E-state index contributed by atoms with van der Waals surface area (Å²) in [6, 6.07) is 16.6. The number of non-ortho nitro benzene ring substituents is 1. The Labute approximate surface area is 207 Å². The van der Waals surface area contributed by atoms with Crippen molar-refractivity contribution in [2.24, 2.45) is 5.10 Å². The van der Waals surface area contributed by atoms with E-state index in [2.05, 4.69) is 17.5 Å². The molecule has 10 nitrogen and oxygen atoms in total. The lowest BCUT2D eigenvalue weighted by Gasteiger charge is -2.10. The number of nitrogens with one attached hydrogen (secondary N) is 1. The molecule has 0 fully saturated rings. The zero-order chi connectivity index (χ0) is 25.9. The van der Waals surface area contributed by atoms with Gasteiger partial charge in [-0.3, -0.25) is 14.9 Å². The van der Waals surface area contributed by atoms with Gasteiger partial charge in [0.2, 0.25) is 0 Å². The molecule has 0 aliphatic rings. The fourth-order valence-corrected chi connectivity index (χ4v) is 2.99. The summed E-state index contributed by atoms with van der Waals surface area (Å²) < 4.78 is 16.4. The second-order valence-electron chi connectivity index (χ2n) is 7.53. The number of nitro groups is 1. The van der Waals surface area contributed by atoms with Crippen LogP contribution >= 0.6 is 0 Å². The molecule has 0 spiro atoms. The Balaban J connectivity index is 1.60. The second-order valence-corrected chi connectivity index (χ2v) is 7.53. The molecule has 0 bridgehead atoms. The van der Waals surface area contributed by atoms with Crippen LogP contribution in [0.2, 0.25) is 0 Å². The standard InChI is InChI=1S/C26H25N3O7/c1-3-4-15-35-22-12-8-20(9-13-22)26(31)36-23-14-5-18(16-24(23)34-2)17-27-28-25(30)19-6-10-21(11-7-19)29(32)33/h5-14,16-17H,3-4,15H2,1-2H3,(H,28,30)/b27-17+. The Morgan fingerprint density at radius 3 is 2.33 bits per heavy atom. The molecule has 0 aliphatic heterocycles. The number of amides is 1. The van der Waals surface area contributed by atoms with E-state index in [1.807, 2.05) is 0 Å². The predicted molar refractivity (Wildman–Crippen MR) is 133 cm³/mol. The Hall–Kier alpha value is -4.73. The van der Waals surface area contributed by atoms with Gasteiger partial charge in [-0.05, 0) is 66.6 Å². The minimum Gasteiger partial charge on any atom is -0.494 e. The largest absolute Gasteiger partial charge is 0.494 e. The topological polar surface area (TPSA) is 129 Å². The van der Waals surface area contributed by atoms with Crippen molar-refractivity contribution in [1.29, 1.82) is 0 Å². The molecule has 36 heavy (non-hydrogen) atoms. The summed E-state index contributed by atoms with van der Waals surface area (Å²) in [6.45, 7) is 2.70. The van der Waals surface area contributed by atoms with E-state index in [-0.39, 0.29) is 17.0 Å². The van der Waals surface area contributed by atoms with Crippen LogP contribution < -0.4 is 19.6 Å². The van der Waals surface area contributed by atoms with Gasteiger partial charge in [0.25, 0.3) is 11.6 Å². The Morgan fingerprint density at radius 1 is 1.00 bits per heavy atom. The number of esters is 1. The average Bonchev–Trinajstić information content (AvgIpc) is 2.89. The molecule has 3 aromatic rings. The van der Waals surface area contributed by atoms with Gasteiger partial charge in [-0.2, -0.15) is 5.10 Å². The first-order valence-electron chi connectivity index (χ1n) is 11.1. The van der Waals surface area contributed by atoms with Crippen molar-refractivity contribution in [3.05, 3.63) is 93.5 Å². The van der Waals surface area contributed by atoms with Crippen molar-refractivity contribution >= 4 is 23.8 Å². The third kappa shape index (κ3) is 7.13. The van der Waals surface area contributed by atoms with E-state index in [1.54, 1.807) is 42.5 Å². The monoisotopic (exact) mass is 491 g/mol. The molecule has 3 aromatic carbocycles. The van der Waals surface area contributed by atoms with E-state index in [0.29, 0.717) is 29.2 Å². The van der Waals surface area contributed by atoms with Crippen molar-refractivity contribution in [1.82, 2.24) is 5.43 Å². The first-order valence-corrected chi connectivity index (χ1v) is 11.1. The van der Waals surface area contributed by atoms with Gasteiger partial charge in [-0.1, -0.05) is 13.3 Å². The molecule has 10 heteroatoms. The fourth-order valence-electron chi connectivity index (χ4n) is 2.99. The number of hydrazone groups is 1. The van der Waals surface area contributed by atoms with E-state index < -0.39 is 16.8 Å². The molecule has 0 saturated heterocycles. The van der Waals surface area contributed by atoms with Crippen LogP contribution in [0, 0.1) is 10.1 Å². The molecular formula is C26H25N3O7. The molecule has 0 saturated carbocycles. The fraction of sp³-hybridized carbons (Fsp3) is 0.192. The van der Waals surface area contributed by atoms with Gasteiger partial charge in [0, 0.05) is 17.7 Å². The summed E-state index contributed by atoms with van der Waals surface area (Å²) in [5, 5.41) is 14.6. The predicted octanol–water partition coefficient (Wildman–Crippen LogP) is 4.77. The molecule has 1 amide bonds. The lowest BCUT2D eigenvalue weighted by atomic mass is 10.2. The maximum atomic E-state index is 12.5. The average molecular weight is 492 g/mol. The van der Waals surface area contributed by atoms with Gasteiger partial charge in [0.1, 0.15) is 5.75 Å². The summed E-state index contributed by atoms with van der Waals surface area (Å²) >= 11 is 0. The Morgan fingerprint density at radius 2 is 1.69 bits per heavy atom. The molecule has 1 N–H and O–H groups in total. The van der Waals surface area contributed by atoms with Gasteiger partial charge in [-0.25, -0.2) is 10.2 Å². The number of nitrogens with zero attached hydrogens (tertiary/aromatic N) is 2. The number of ether oxygens (including phenoxy) is 3. The number of carbonyl (C=O) groups excluding carboxylic acids is 2. The Bertz CT molecular complexity index is 1240. The van der Waals surface area contributed by atoms with E-state index in [0.717, 1.165) is 12.8 Å². The molecule has 3 rings (SSSR count). The number of hydrogen-bond donors (Lipinski definition) is 1. The van der Waals surface area contributed by atoms with E-state index >= 15 is 0 Å². The highest BCUT2D eigenvalue weighted by Crippen LogP contribution is 2.28. The molecule has 0 aliphatic carbocycles. The van der Waals surface area contributed by atoms with Crippen LogP contribution in [0.25, 0.3) is 0 Å². The molecule has 0 heterocycles. The number of unbranched alkanes of at least 4 members (excludes halogenated alkanes) is 1. The summed E-state index contributed by atoms with van der Waals surface area (Å²) in [5.41, 5.74) is 3.39. The molecular weight excluding hydrogens is 466 g/mol. The van der Waals surface area contributed by atoms with Gasteiger partial charge in [0.15, 0.2) is 11.5 Å². The third-order valence-electron chi connectivity index (χ3n) is 4.97. The smallest absolute Gasteiger partial charge is 0.343 e. The SMILES string of the molecule is CCCCOc1ccc(C(=O)Oc2ccc(/C=N/NC(=O)c3ccc([N+](=O)[O-])cc3)cc2OC)cc1. The molecule has 0 unspecified atom stereocenters. The number of carbonyl (C=O) groups is 2. The summed E-state index contributed by atoms with van der Waals surface area (Å²) in [7, 11) is 1.44. The highest BCUT2D eigenvalue weighted by molar-refractivity contribution is 5.95. The molecule has 0 radical (unpaired) electrons. The maximum Gasteiger partial charge on any atom is 0.343 e. The van der Waals surface area contributed by atoms with Crippen LogP contribution in [0.5, 0.6) is 17.2 Å². The minimum atomic E-state index is -0.551. The maximum absolute atomic E-state index is 12.5. The highest BCUT2D eigenvalue weighted by atomic mass is 16.6. The number of methoxy groups -OCH3 is 1. The number of benzene rings is 3. The van der Waals surface area contributed by atoms with Crippen molar-refractivity contribution in [3.8, 4) is 17.2 Å². The summed E-state index contributed by atoms with van der Waals surface area (Å²) in [5.74, 6) is 0.124. The normalized spacial score (nSPS) is 10.6. The van der Waals surface area contributed by atoms with Gasteiger partial charge < -0.3 is 14.2 Å². The van der Waals surface area contributed by atoms with Gasteiger partial charge >= 0.3 is 5.97 Å². The molecule has 0 atom stereocenters. The van der Waals surface area contributed by atoms with Gasteiger partial charge in [0.05, 0.1) is 30.4 Å². The van der Waals surface area contributed by atoms with Crippen LogP contribution in [0.3, 0.4) is 0 Å². The van der Waals surface area contributed by atoms with E-state index in [4.69, 9.17) is 14.2 Å². The van der Waals surface area contributed by atoms with Crippen LogP contribution in [-0.2, 0) is 0 Å². The van der Waals surface area contributed by atoms with Crippen molar-refractivity contribution in [3.63, 3.8) is 0 Å². The highest BCUT2D eigenvalue weighted by Gasteiger charge is 2.13. The van der Waals surface area contributed by atoms with Crippen LogP contribution in [-0.4, -0.2) is 36.7 Å². The van der Waals surface area contributed by atoms with Crippen LogP contribution in [0.1, 0.15) is 46.0 Å². The zero-order valence-corrected chi connectivity index (χ0v) is 19.8. The van der Waals surface area contributed by atoms with Crippen molar-refractivity contribution < 1.29 is 28.7 Å². The van der Waals surface area contributed by atoms with Crippen molar-refractivity contribution in [2.75, 3.05) is 13.7 Å². The molecule has 0 aromatic heterocycles.